The van der Waals surface area contributed by atoms with Crippen molar-refractivity contribution in [2.45, 2.75) is 45.4 Å². The molecule has 0 bridgehead atoms. The van der Waals surface area contributed by atoms with Crippen LogP contribution in [-0.2, 0) is 6.54 Å². The molecule has 0 spiro atoms. The number of guanidine groups is 1. The normalized spacial score (nSPS) is 16.8. The molecule has 3 rings (SSSR count). The van der Waals surface area contributed by atoms with Crippen LogP contribution >= 0.6 is 0 Å². The van der Waals surface area contributed by atoms with Crippen LogP contribution in [0.2, 0.25) is 0 Å². The third-order valence-electron chi connectivity index (χ3n) is 5.02. The molecule has 2 N–H and O–H groups in total. The number of likely N-dealkylation sites (tertiary alicyclic amines) is 1. The van der Waals surface area contributed by atoms with E-state index in [0.717, 1.165) is 50.7 Å². The van der Waals surface area contributed by atoms with Gasteiger partial charge in [0.05, 0.1) is 12.2 Å². The van der Waals surface area contributed by atoms with E-state index in [1.807, 2.05) is 25.3 Å². The predicted molar refractivity (Wildman–Crippen MR) is 118 cm³/mol. The molecule has 1 aromatic carbocycles. The molecular weight excluding hydrogens is 381 g/mol. The first kappa shape index (κ1) is 22.0. The first-order chi connectivity index (χ1) is 14.6. The fourth-order valence-corrected chi connectivity index (χ4v) is 3.50. The Labute approximate surface area is 178 Å². The quantitative estimate of drug-likeness (QED) is 0.514. The Hall–Kier alpha value is -2.67. The molecule has 0 radical (unpaired) electrons. The average molecular weight is 414 g/mol. The molecule has 2 aromatic rings. The van der Waals surface area contributed by atoms with Crippen LogP contribution in [0.3, 0.4) is 0 Å². The van der Waals surface area contributed by atoms with E-state index < -0.39 is 0 Å². The van der Waals surface area contributed by atoms with Gasteiger partial charge in [0.2, 0.25) is 0 Å². The predicted octanol–water partition coefficient (Wildman–Crippen LogP) is 3.21. The van der Waals surface area contributed by atoms with Crippen LogP contribution in [0, 0.1) is 5.82 Å². The van der Waals surface area contributed by atoms with Gasteiger partial charge in [0.1, 0.15) is 17.7 Å². The first-order valence-corrected chi connectivity index (χ1v) is 10.7. The van der Waals surface area contributed by atoms with Crippen molar-refractivity contribution in [1.29, 1.82) is 0 Å². The van der Waals surface area contributed by atoms with E-state index in [1.54, 1.807) is 12.1 Å². The van der Waals surface area contributed by atoms with Gasteiger partial charge in [-0.1, -0.05) is 12.1 Å². The monoisotopic (exact) mass is 413 g/mol. The van der Waals surface area contributed by atoms with E-state index in [-0.39, 0.29) is 11.9 Å². The van der Waals surface area contributed by atoms with Crippen molar-refractivity contribution in [1.82, 2.24) is 20.5 Å². The molecule has 1 saturated heterocycles. The second kappa shape index (κ2) is 11.5. The Balaban J connectivity index is 1.45. The van der Waals surface area contributed by atoms with E-state index in [0.29, 0.717) is 18.3 Å². The molecule has 162 valence electrons. The van der Waals surface area contributed by atoms with E-state index >= 15 is 0 Å². The number of pyridine rings is 1. The van der Waals surface area contributed by atoms with Gasteiger partial charge in [-0.2, -0.15) is 0 Å². The average Bonchev–Trinajstić information content (AvgIpc) is 2.74. The number of halogens is 1. The lowest BCUT2D eigenvalue weighted by atomic mass is 10.0. The molecule has 1 unspecified atom stereocenters. The molecular formula is C23H32FN5O. The summed E-state index contributed by atoms with van der Waals surface area (Å²) in [6.45, 7) is 8.25. The third-order valence-corrected chi connectivity index (χ3v) is 5.02. The molecule has 1 atom stereocenters. The SMILES string of the molecule is CCNC(=NCC(C)Oc1cccc(F)c1)NC1CCN(Cc2ccccn2)CC1. The van der Waals surface area contributed by atoms with E-state index in [9.17, 15) is 4.39 Å². The summed E-state index contributed by atoms with van der Waals surface area (Å²) in [4.78, 5) is 11.5. The van der Waals surface area contributed by atoms with Gasteiger partial charge >= 0.3 is 0 Å². The summed E-state index contributed by atoms with van der Waals surface area (Å²) >= 11 is 0. The lowest BCUT2D eigenvalue weighted by Gasteiger charge is -2.33. The van der Waals surface area contributed by atoms with Gasteiger partial charge in [0, 0.05) is 44.5 Å². The van der Waals surface area contributed by atoms with Gasteiger partial charge in [-0.05, 0) is 51.0 Å². The Morgan fingerprint density at radius 1 is 1.27 bits per heavy atom. The second-order valence-corrected chi connectivity index (χ2v) is 7.62. The van der Waals surface area contributed by atoms with Gasteiger partial charge in [-0.3, -0.25) is 9.88 Å². The van der Waals surface area contributed by atoms with E-state index in [1.165, 1.54) is 12.1 Å². The highest BCUT2D eigenvalue weighted by molar-refractivity contribution is 5.80. The Morgan fingerprint density at radius 2 is 2.10 bits per heavy atom. The van der Waals surface area contributed by atoms with Crippen LogP contribution in [0.5, 0.6) is 5.75 Å². The molecule has 7 heteroatoms. The summed E-state index contributed by atoms with van der Waals surface area (Å²) < 4.78 is 19.1. The van der Waals surface area contributed by atoms with E-state index in [2.05, 4.69) is 38.5 Å². The molecule has 0 aliphatic carbocycles. The summed E-state index contributed by atoms with van der Waals surface area (Å²) in [6.07, 6.45) is 3.82. The van der Waals surface area contributed by atoms with Crippen molar-refractivity contribution in [3.8, 4) is 5.75 Å². The number of nitrogens with zero attached hydrogens (tertiary/aromatic N) is 3. The fourth-order valence-electron chi connectivity index (χ4n) is 3.50. The lowest BCUT2D eigenvalue weighted by molar-refractivity contribution is 0.196. The minimum atomic E-state index is -0.299. The highest BCUT2D eigenvalue weighted by Crippen LogP contribution is 2.14. The molecule has 0 saturated carbocycles. The van der Waals surface area contributed by atoms with Gasteiger partial charge in [0.25, 0.3) is 0 Å². The van der Waals surface area contributed by atoms with Crippen molar-refractivity contribution < 1.29 is 9.13 Å². The number of rotatable bonds is 8. The summed E-state index contributed by atoms with van der Waals surface area (Å²) in [7, 11) is 0. The summed E-state index contributed by atoms with van der Waals surface area (Å²) in [5.74, 6) is 1.03. The molecule has 0 amide bonds. The van der Waals surface area contributed by atoms with Crippen LogP contribution in [-0.4, -0.2) is 54.2 Å². The maximum absolute atomic E-state index is 13.3. The topological polar surface area (TPSA) is 61.8 Å². The lowest BCUT2D eigenvalue weighted by Crippen LogP contribution is -2.48. The standard InChI is InChI=1S/C23H32FN5O/c1-3-25-23(27-16-18(2)30-22-9-6-7-19(24)15-22)28-20-10-13-29(14-11-20)17-21-8-4-5-12-26-21/h4-9,12,15,18,20H,3,10-11,13-14,16-17H2,1-2H3,(H2,25,27,28). The smallest absolute Gasteiger partial charge is 0.191 e. The molecule has 1 aliphatic heterocycles. The zero-order chi connectivity index (χ0) is 21.2. The zero-order valence-corrected chi connectivity index (χ0v) is 17.9. The van der Waals surface area contributed by atoms with Crippen LogP contribution < -0.4 is 15.4 Å². The van der Waals surface area contributed by atoms with Gasteiger partial charge in [-0.15, -0.1) is 0 Å². The molecule has 2 heterocycles. The minimum Gasteiger partial charge on any atom is -0.489 e. The molecule has 1 aromatic heterocycles. The van der Waals surface area contributed by atoms with Gasteiger partial charge in [0.15, 0.2) is 5.96 Å². The molecule has 6 nitrogen and oxygen atoms in total. The number of aliphatic imine (C=N–C) groups is 1. The molecule has 1 aliphatic rings. The van der Waals surface area contributed by atoms with Gasteiger partial charge < -0.3 is 15.4 Å². The second-order valence-electron chi connectivity index (χ2n) is 7.62. The number of hydrogen-bond donors (Lipinski definition) is 2. The molecule has 1 fully saturated rings. The summed E-state index contributed by atoms with van der Waals surface area (Å²) in [5, 5.41) is 6.86. The highest BCUT2D eigenvalue weighted by atomic mass is 19.1. The van der Waals surface area contributed by atoms with Gasteiger partial charge in [-0.25, -0.2) is 9.38 Å². The Bertz CT molecular complexity index is 793. The fraction of sp³-hybridized carbons (Fsp3) is 0.478. The number of ether oxygens (including phenoxy) is 1. The van der Waals surface area contributed by atoms with Crippen LogP contribution in [0.15, 0.2) is 53.7 Å². The van der Waals surface area contributed by atoms with Crippen molar-refractivity contribution >= 4 is 5.96 Å². The van der Waals surface area contributed by atoms with Crippen LogP contribution in [0.1, 0.15) is 32.4 Å². The van der Waals surface area contributed by atoms with Crippen LogP contribution in [0.4, 0.5) is 4.39 Å². The van der Waals surface area contributed by atoms with Crippen molar-refractivity contribution in [2.75, 3.05) is 26.2 Å². The number of aromatic nitrogens is 1. The first-order valence-electron chi connectivity index (χ1n) is 10.7. The van der Waals surface area contributed by atoms with Crippen molar-refractivity contribution in [2.24, 2.45) is 4.99 Å². The number of nitrogens with one attached hydrogen (secondary N) is 2. The number of hydrogen-bond acceptors (Lipinski definition) is 4. The maximum atomic E-state index is 13.3. The third kappa shape index (κ3) is 7.30. The van der Waals surface area contributed by atoms with Crippen molar-refractivity contribution in [3.63, 3.8) is 0 Å². The minimum absolute atomic E-state index is 0.150. The van der Waals surface area contributed by atoms with Crippen molar-refractivity contribution in [3.05, 3.63) is 60.2 Å². The zero-order valence-electron chi connectivity index (χ0n) is 17.9. The van der Waals surface area contributed by atoms with E-state index in [4.69, 9.17) is 4.74 Å². The number of piperidine rings is 1. The Morgan fingerprint density at radius 3 is 2.80 bits per heavy atom. The number of benzene rings is 1. The Kier molecular flexibility index (Phi) is 8.44. The molecule has 30 heavy (non-hydrogen) atoms. The largest absolute Gasteiger partial charge is 0.489 e. The highest BCUT2D eigenvalue weighted by Gasteiger charge is 2.20. The van der Waals surface area contributed by atoms with Crippen LogP contribution in [0.25, 0.3) is 0 Å². The summed E-state index contributed by atoms with van der Waals surface area (Å²) in [6, 6.07) is 12.7. The summed E-state index contributed by atoms with van der Waals surface area (Å²) in [5.41, 5.74) is 1.12. The maximum Gasteiger partial charge on any atom is 0.191 e.